The number of aromatic nitrogens is 3. The molecule has 1 atom stereocenters. The first kappa shape index (κ1) is 22.7. The van der Waals surface area contributed by atoms with Gasteiger partial charge in [0.25, 0.3) is 0 Å². The topological polar surface area (TPSA) is 68.0 Å². The van der Waals surface area contributed by atoms with Crippen molar-refractivity contribution in [3.63, 3.8) is 0 Å². The molecule has 0 aliphatic heterocycles. The lowest BCUT2D eigenvalue weighted by Crippen LogP contribution is -2.32. The quantitative estimate of drug-likeness (QED) is 0.388. The molecule has 170 valence electrons. The Morgan fingerprint density at radius 2 is 1.64 bits per heavy atom. The molecule has 0 saturated heterocycles. The summed E-state index contributed by atoms with van der Waals surface area (Å²) in [5.41, 5.74) is 6.19. The summed E-state index contributed by atoms with van der Waals surface area (Å²) in [6.07, 6.45) is 0.829. The van der Waals surface area contributed by atoms with Crippen LogP contribution in [-0.4, -0.2) is 25.6 Å². The van der Waals surface area contributed by atoms with E-state index >= 15 is 0 Å². The Hall–Kier alpha value is -3.47. The van der Waals surface area contributed by atoms with Gasteiger partial charge in [-0.05, 0) is 56.0 Å². The summed E-state index contributed by atoms with van der Waals surface area (Å²) >= 11 is 0. The number of fused-ring (bicyclic) bond motifs is 1. The molecule has 5 heteroatoms. The zero-order chi connectivity index (χ0) is 23.8. The highest BCUT2D eigenvalue weighted by atomic mass is 16.4. The fourth-order valence-electron chi connectivity index (χ4n) is 4.68. The Labute approximate surface area is 195 Å². The first-order chi connectivity index (χ1) is 15.7. The summed E-state index contributed by atoms with van der Waals surface area (Å²) in [5, 5.41) is 9.95. The Kier molecular flexibility index (Phi) is 6.07. The van der Waals surface area contributed by atoms with Gasteiger partial charge < -0.3 is 9.67 Å². The maximum atomic E-state index is 12.1. The number of carbonyl (C=O) groups is 1. The number of hydrogen-bond donors (Lipinski definition) is 1. The second-order valence-electron chi connectivity index (χ2n) is 9.33. The lowest BCUT2D eigenvalue weighted by molar-refractivity contribution is -0.147. The van der Waals surface area contributed by atoms with Gasteiger partial charge in [-0.25, -0.2) is 9.97 Å². The van der Waals surface area contributed by atoms with Crippen molar-refractivity contribution in [1.29, 1.82) is 0 Å². The van der Waals surface area contributed by atoms with E-state index in [1.165, 1.54) is 0 Å². The first-order valence-electron chi connectivity index (χ1n) is 11.4. The van der Waals surface area contributed by atoms with E-state index in [0.717, 1.165) is 51.4 Å². The molecule has 0 bridgehead atoms. The molecule has 0 radical (unpaired) electrons. The van der Waals surface area contributed by atoms with Crippen molar-refractivity contribution >= 4 is 17.1 Å². The van der Waals surface area contributed by atoms with Crippen LogP contribution < -0.4 is 0 Å². The molecular formula is C28H31N3O2. The molecule has 0 fully saturated rings. The Balaban J connectivity index is 1.72. The van der Waals surface area contributed by atoms with Gasteiger partial charge >= 0.3 is 5.97 Å². The molecule has 2 heterocycles. The lowest BCUT2D eigenvalue weighted by atomic mass is 9.71. The third-order valence-electron chi connectivity index (χ3n) is 6.48. The van der Waals surface area contributed by atoms with Crippen LogP contribution in [0.4, 0.5) is 0 Å². The van der Waals surface area contributed by atoms with Crippen molar-refractivity contribution in [2.45, 2.75) is 53.5 Å². The van der Waals surface area contributed by atoms with Crippen LogP contribution in [0.1, 0.15) is 60.5 Å². The zero-order valence-electron chi connectivity index (χ0n) is 20.0. The third kappa shape index (κ3) is 4.28. The fourth-order valence-corrected chi connectivity index (χ4v) is 4.68. The molecule has 5 nitrogen and oxygen atoms in total. The largest absolute Gasteiger partial charge is 0.481 e. The van der Waals surface area contributed by atoms with Gasteiger partial charge in [0.2, 0.25) is 0 Å². The van der Waals surface area contributed by atoms with Crippen molar-refractivity contribution in [2.24, 2.45) is 5.41 Å². The number of pyridine rings is 1. The normalized spacial score (nSPS) is 12.8. The van der Waals surface area contributed by atoms with Gasteiger partial charge in [-0.1, -0.05) is 61.5 Å². The van der Waals surface area contributed by atoms with Gasteiger partial charge in [0.1, 0.15) is 11.3 Å². The maximum Gasteiger partial charge on any atom is 0.310 e. The molecule has 4 aromatic rings. The average molecular weight is 442 g/mol. The van der Waals surface area contributed by atoms with Crippen LogP contribution in [0.15, 0.2) is 60.7 Å². The Morgan fingerprint density at radius 1 is 1.00 bits per heavy atom. The number of aryl methyl sites for hydroxylation is 3. The van der Waals surface area contributed by atoms with Crippen LogP contribution in [-0.2, 0) is 17.8 Å². The number of benzene rings is 2. The third-order valence-corrected chi connectivity index (χ3v) is 6.48. The lowest BCUT2D eigenvalue weighted by Gasteiger charge is -2.31. The van der Waals surface area contributed by atoms with E-state index in [1.807, 2.05) is 37.3 Å². The van der Waals surface area contributed by atoms with Crippen molar-refractivity contribution in [1.82, 2.24) is 14.5 Å². The van der Waals surface area contributed by atoms with E-state index in [1.54, 1.807) is 13.8 Å². The minimum absolute atomic E-state index is 0.252. The number of aliphatic carboxylic acids is 1. The standard InChI is InChI=1S/C28H31N3O2/c1-6-23-30-25-18(2)16-19(3)29-26(25)31(23)17-20-12-14-22(15-13-20)24(28(4,5)27(32)33)21-10-8-7-9-11-21/h7-16,24H,6,17H2,1-5H3,(H,32,33). The molecule has 0 amide bonds. The summed E-state index contributed by atoms with van der Waals surface area (Å²) in [4.78, 5) is 21.7. The number of imidazole rings is 1. The molecule has 33 heavy (non-hydrogen) atoms. The van der Waals surface area contributed by atoms with E-state index in [0.29, 0.717) is 6.54 Å². The SMILES string of the molecule is CCc1nc2c(C)cc(C)nc2n1Cc1ccc(C(c2ccccc2)C(C)(C)C(=O)O)cc1. The molecule has 1 N–H and O–H groups in total. The molecule has 0 aliphatic rings. The van der Waals surface area contributed by atoms with E-state index < -0.39 is 11.4 Å². The monoisotopic (exact) mass is 441 g/mol. The molecule has 2 aromatic heterocycles. The predicted octanol–water partition coefficient (Wildman–Crippen LogP) is 5.90. The van der Waals surface area contributed by atoms with Crippen LogP contribution in [0.3, 0.4) is 0 Å². The molecule has 4 rings (SSSR count). The Morgan fingerprint density at radius 3 is 2.24 bits per heavy atom. The highest BCUT2D eigenvalue weighted by Gasteiger charge is 2.38. The van der Waals surface area contributed by atoms with Gasteiger partial charge in [0.05, 0.1) is 12.0 Å². The number of hydrogen-bond acceptors (Lipinski definition) is 3. The highest BCUT2D eigenvalue weighted by Crippen LogP contribution is 2.41. The van der Waals surface area contributed by atoms with Crippen molar-refractivity contribution in [3.05, 3.63) is 94.4 Å². The second-order valence-corrected chi connectivity index (χ2v) is 9.33. The summed E-state index contributed by atoms with van der Waals surface area (Å²) in [6, 6.07) is 20.3. The van der Waals surface area contributed by atoms with Gasteiger partial charge in [-0.15, -0.1) is 0 Å². The summed E-state index contributed by atoms with van der Waals surface area (Å²) in [5.74, 6) is -0.0448. The number of rotatable bonds is 7. The highest BCUT2D eigenvalue weighted by molar-refractivity contribution is 5.77. The van der Waals surface area contributed by atoms with E-state index in [-0.39, 0.29) is 5.92 Å². The van der Waals surface area contributed by atoms with Crippen LogP contribution in [0, 0.1) is 19.3 Å². The number of nitrogens with zero attached hydrogens (tertiary/aromatic N) is 3. The Bertz CT molecular complexity index is 1290. The first-order valence-corrected chi connectivity index (χ1v) is 11.4. The molecule has 2 aromatic carbocycles. The average Bonchev–Trinajstić information content (AvgIpc) is 3.13. The zero-order valence-corrected chi connectivity index (χ0v) is 20.0. The van der Waals surface area contributed by atoms with Gasteiger partial charge in [0.15, 0.2) is 5.65 Å². The van der Waals surface area contributed by atoms with Gasteiger partial charge in [-0.3, -0.25) is 4.79 Å². The summed E-state index contributed by atoms with van der Waals surface area (Å²) in [7, 11) is 0. The van der Waals surface area contributed by atoms with E-state index in [9.17, 15) is 9.90 Å². The van der Waals surface area contributed by atoms with Gasteiger partial charge in [0, 0.05) is 18.0 Å². The van der Waals surface area contributed by atoms with Crippen LogP contribution in [0.5, 0.6) is 0 Å². The van der Waals surface area contributed by atoms with Crippen molar-refractivity contribution in [3.8, 4) is 0 Å². The molecule has 0 saturated carbocycles. The fraction of sp³-hybridized carbons (Fsp3) is 0.321. The maximum absolute atomic E-state index is 12.1. The van der Waals surface area contributed by atoms with E-state index in [2.05, 4.69) is 48.7 Å². The van der Waals surface area contributed by atoms with Crippen LogP contribution in [0.2, 0.25) is 0 Å². The molecular weight excluding hydrogens is 410 g/mol. The minimum atomic E-state index is -0.947. The molecule has 0 aliphatic carbocycles. The van der Waals surface area contributed by atoms with Crippen molar-refractivity contribution in [2.75, 3.05) is 0 Å². The number of carboxylic acid groups (broad SMARTS) is 1. The smallest absolute Gasteiger partial charge is 0.310 e. The van der Waals surface area contributed by atoms with Gasteiger partial charge in [-0.2, -0.15) is 0 Å². The van der Waals surface area contributed by atoms with Crippen LogP contribution in [0.25, 0.3) is 11.2 Å². The predicted molar refractivity (Wildman–Crippen MR) is 132 cm³/mol. The molecule has 0 spiro atoms. The van der Waals surface area contributed by atoms with Crippen molar-refractivity contribution < 1.29 is 9.90 Å². The summed E-state index contributed by atoms with van der Waals surface area (Å²) in [6.45, 7) is 10.5. The van der Waals surface area contributed by atoms with Crippen LogP contribution >= 0.6 is 0 Å². The second kappa shape index (κ2) is 8.81. The summed E-state index contributed by atoms with van der Waals surface area (Å²) < 4.78 is 2.19. The minimum Gasteiger partial charge on any atom is -0.481 e. The molecule has 1 unspecified atom stereocenters. The van der Waals surface area contributed by atoms with E-state index in [4.69, 9.17) is 9.97 Å². The number of carboxylic acids is 1.